The van der Waals surface area contributed by atoms with E-state index in [1.807, 2.05) is 0 Å². The number of aliphatic hydroxyl groups excluding tert-OH is 1. The Morgan fingerprint density at radius 2 is 2.23 bits per heavy atom. The highest BCUT2D eigenvalue weighted by Crippen LogP contribution is 2.15. The Kier molecular flexibility index (Phi) is 3.22. The van der Waals surface area contributed by atoms with Crippen molar-refractivity contribution in [3.05, 3.63) is 23.9 Å². The molecule has 1 heterocycles. The molecule has 0 unspecified atom stereocenters. The average molecular weight is 182 g/mol. The number of hydrogen-bond donors (Lipinski definition) is 2. The van der Waals surface area contributed by atoms with E-state index in [1.165, 1.54) is 0 Å². The second-order valence-electron chi connectivity index (χ2n) is 2.90. The van der Waals surface area contributed by atoms with Crippen molar-refractivity contribution < 1.29 is 9.84 Å². The molecule has 1 aromatic heterocycles. The first-order valence-electron chi connectivity index (χ1n) is 4.08. The first-order chi connectivity index (χ1) is 6.15. The molecule has 0 aliphatic carbocycles. The summed E-state index contributed by atoms with van der Waals surface area (Å²) in [6.45, 7) is 1.65. The molecular weight excluding hydrogens is 168 g/mol. The fraction of sp³-hybridized carbons (Fsp3) is 0.444. The largest absolute Gasteiger partial charge is 0.481 e. The Labute approximate surface area is 77.4 Å². The number of hydrogen-bond acceptors (Lipinski definition) is 4. The van der Waals surface area contributed by atoms with Crippen molar-refractivity contribution in [2.24, 2.45) is 5.73 Å². The Bertz CT molecular complexity index is 259. The number of pyridine rings is 1. The molecule has 0 saturated carbocycles. The monoisotopic (exact) mass is 182 g/mol. The lowest BCUT2D eigenvalue weighted by Gasteiger charge is -2.14. The van der Waals surface area contributed by atoms with Crippen molar-refractivity contribution in [1.29, 1.82) is 0 Å². The van der Waals surface area contributed by atoms with Crippen molar-refractivity contribution in [2.75, 3.05) is 7.11 Å². The molecule has 2 atom stereocenters. The normalized spacial score (nSPS) is 15.1. The summed E-state index contributed by atoms with van der Waals surface area (Å²) in [5.41, 5.74) is 6.50. The van der Waals surface area contributed by atoms with Crippen LogP contribution in [0.5, 0.6) is 5.88 Å². The van der Waals surface area contributed by atoms with Crippen LogP contribution in [0.3, 0.4) is 0 Å². The van der Waals surface area contributed by atoms with Crippen molar-refractivity contribution in [3.63, 3.8) is 0 Å². The fourth-order valence-corrected chi connectivity index (χ4v) is 0.988. The van der Waals surface area contributed by atoms with E-state index >= 15 is 0 Å². The van der Waals surface area contributed by atoms with Crippen LogP contribution in [0.2, 0.25) is 0 Å². The van der Waals surface area contributed by atoms with Gasteiger partial charge in [0.15, 0.2) is 0 Å². The summed E-state index contributed by atoms with van der Waals surface area (Å²) in [5.74, 6) is 0.543. The molecular formula is C9H14N2O2. The molecule has 4 nitrogen and oxygen atoms in total. The fourth-order valence-electron chi connectivity index (χ4n) is 0.988. The minimum atomic E-state index is -0.574. The van der Waals surface area contributed by atoms with Crippen LogP contribution < -0.4 is 10.5 Å². The van der Waals surface area contributed by atoms with Crippen LogP contribution in [0.4, 0.5) is 0 Å². The van der Waals surface area contributed by atoms with Gasteiger partial charge in [-0.3, -0.25) is 0 Å². The van der Waals surface area contributed by atoms with E-state index in [2.05, 4.69) is 4.98 Å². The van der Waals surface area contributed by atoms with E-state index < -0.39 is 12.1 Å². The van der Waals surface area contributed by atoms with Gasteiger partial charge < -0.3 is 15.6 Å². The van der Waals surface area contributed by atoms with Gasteiger partial charge in [-0.05, 0) is 12.5 Å². The van der Waals surface area contributed by atoms with E-state index in [0.29, 0.717) is 5.88 Å². The maximum Gasteiger partial charge on any atom is 0.212 e. The Balaban J connectivity index is 2.79. The van der Waals surface area contributed by atoms with Crippen molar-refractivity contribution >= 4 is 0 Å². The summed E-state index contributed by atoms with van der Waals surface area (Å²) in [6.07, 6.45) is 1.03. The van der Waals surface area contributed by atoms with Gasteiger partial charge in [0.2, 0.25) is 5.88 Å². The summed E-state index contributed by atoms with van der Waals surface area (Å²) in [4.78, 5) is 3.99. The second kappa shape index (κ2) is 4.20. The molecule has 1 rings (SSSR count). The lowest BCUT2D eigenvalue weighted by molar-refractivity contribution is 0.164. The summed E-state index contributed by atoms with van der Waals surface area (Å²) in [5, 5.41) is 9.22. The molecule has 4 heteroatoms. The van der Waals surface area contributed by atoms with Gasteiger partial charge in [0.05, 0.1) is 19.3 Å². The quantitative estimate of drug-likeness (QED) is 0.713. The third kappa shape index (κ3) is 2.40. The molecule has 0 radical (unpaired) electrons. The summed E-state index contributed by atoms with van der Waals surface area (Å²) < 4.78 is 4.89. The maximum atomic E-state index is 9.22. The lowest BCUT2D eigenvalue weighted by Crippen LogP contribution is -2.23. The number of aliphatic hydroxyl groups is 1. The molecule has 72 valence electrons. The topological polar surface area (TPSA) is 68.4 Å². The van der Waals surface area contributed by atoms with Crippen LogP contribution in [0.15, 0.2) is 18.3 Å². The van der Waals surface area contributed by atoms with Gasteiger partial charge in [0.1, 0.15) is 0 Å². The molecule has 0 saturated heterocycles. The third-order valence-electron chi connectivity index (χ3n) is 1.87. The van der Waals surface area contributed by atoms with E-state index in [-0.39, 0.29) is 0 Å². The zero-order chi connectivity index (χ0) is 9.84. The molecule has 1 aromatic rings. The summed E-state index contributed by atoms with van der Waals surface area (Å²) >= 11 is 0. The molecule has 3 N–H and O–H groups in total. The van der Waals surface area contributed by atoms with Crippen molar-refractivity contribution in [2.45, 2.75) is 19.1 Å². The summed E-state index contributed by atoms with van der Waals surface area (Å²) in [6, 6.07) is 3.12. The minimum absolute atomic E-state index is 0.390. The van der Waals surface area contributed by atoms with Crippen LogP contribution in [0.25, 0.3) is 0 Å². The van der Waals surface area contributed by atoms with Gasteiger partial charge >= 0.3 is 0 Å². The number of rotatable bonds is 3. The minimum Gasteiger partial charge on any atom is -0.481 e. The van der Waals surface area contributed by atoms with Crippen molar-refractivity contribution in [1.82, 2.24) is 4.98 Å². The zero-order valence-electron chi connectivity index (χ0n) is 7.77. The zero-order valence-corrected chi connectivity index (χ0v) is 7.77. The molecule has 0 amide bonds. The van der Waals surface area contributed by atoms with Gasteiger partial charge in [-0.15, -0.1) is 0 Å². The SMILES string of the molecule is COc1ccc([C@@H](N)[C@H](C)O)cn1. The molecule has 0 aliphatic rings. The van der Waals surface area contributed by atoms with Gasteiger partial charge in [0.25, 0.3) is 0 Å². The standard InChI is InChI=1S/C9H14N2O2/c1-6(12)9(10)7-3-4-8(13-2)11-5-7/h3-6,9,12H,10H2,1-2H3/t6-,9-/m0/s1. The highest BCUT2D eigenvalue weighted by atomic mass is 16.5. The Morgan fingerprint density at radius 1 is 1.54 bits per heavy atom. The van der Waals surface area contributed by atoms with Gasteiger partial charge in [-0.2, -0.15) is 0 Å². The number of methoxy groups -OCH3 is 1. The smallest absolute Gasteiger partial charge is 0.212 e. The summed E-state index contributed by atoms with van der Waals surface area (Å²) in [7, 11) is 1.55. The van der Waals surface area contributed by atoms with Crippen LogP contribution in [0, 0.1) is 0 Å². The van der Waals surface area contributed by atoms with Crippen LogP contribution in [-0.2, 0) is 0 Å². The van der Waals surface area contributed by atoms with Gasteiger partial charge in [-0.25, -0.2) is 4.98 Å². The highest BCUT2D eigenvalue weighted by molar-refractivity contribution is 5.21. The first-order valence-corrected chi connectivity index (χ1v) is 4.08. The molecule has 0 bridgehead atoms. The molecule has 0 aromatic carbocycles. The Hall–Kier alpha value is -1.13. The molecule has 0 aliphatic heterocycles. The Morgan fingerprint density at radius 3 is 2.62 bits per heavy atom. The predicted octanol–water partition coefficient (Wildman–Crippen LogP) is 0.471. The van der Waals surface area contributed by atoms with E-state index in [9.17, 15) is 5.11 Å². The van der Waals surface area contributed by atoms with E-state index in [4.69, 9.17) is 10.5 Å². The first kappa shape index (κ1) is 9.95. The average Bonchev–Trinajstić information content (AvgIpc) is 2.17. The van der Waals surface area contributed by atoms with Gasteiger partial charge in [-0.1, -0.05) is 6.07 Å². The molecule has 0 spiro atoms. The second-order valence-corrected chi connectivity index (χ2v) is 2.90. The number of nitrogens with zero attached hydrogens (tertiary/aromatic N) is 1. The predicted molar refractivity (Wildman–Crippen MR) is 49.4 cm³/mol. The van der Waals surface area contributed by atoms with Crippen LogP contribution in [-0.4, -0.2) is 23.3 Å². The lowest BCUT2D eigenvalue weighted by atomic mass is 10.1. The molecule has 13 heavy (non-hydrogen) atoms. The number of nitrogens with two attached hydrogens (primary N) is 1. The van der Waals surface area contributed by atoms with E-state index in [0.717, 1.165) is 5.56 Å². The van der Waals surface area contributed by atoms with Gasteiger partial charge in [0, 0.05) is 12.3 Å². The van der Waals surface area contributed by atoms with Crippen LogP contribution >= 0.6 is 0 Å². The van der Waals surface area contributed by atoms with E-state index in [1.54, 1.807) is 32.4 Å². The third-order valence-corrected chi connectivity index (χ3v) is 1.87. The highest BCUT2D eigenvalue weighted by Gasteiger charge is 2.11. The molecule has 0 fully saturated rings. The number of ether oxygens (including phenoxy) is 1. The van der Waals surface area contributed by atoms with Crippen molar-refractivity contribution in [3.8, 4) is 5.88 Å². The van der Waals surface area contributed by atoms with Crippen LogP contribution in [0.1, 0.15) is 18.5 Å². The maximum absolute atomic E-state index is 9.22. The number of aromatic nitrogens is 1.